The van der Waals surface area contributed by atoms with Crippen molar-refractivity contribution in [3.63, 3.8) is 0 Å². The maximum Gasteiger partial charge on any atom is 0.235 e. The molecule has 1 saturated carbocycles. The number of phenolic OH excluding ortho intramolecular Hbond substituents is 1. The van der Waals surface area contributed by atoms with Crippen LogP contribution in [-0.4, -0.2) is 18.8 Å². The molecule has 2 rings (SSSR count). The molecule has 0 saturated heterocycles. The largest absolute Gasteiger partial charge is 0.505 e. The predicted molar refractivity (Wildman–Crippen MR) is 67.6 cm³/mol. The second-order valence-corrected chi connectivity index (χ2v) is 6.49. The molecule has 0 aromatic heterocycles. The number of anilines is 1. The summed E-state index contributed by atoms with van der Waals surface area (Å²) in [5, 5.41) is 9.46. The van der Waals surface area contributed by atoms with Crippen LogP contribution in [0.15, 0.2) is 18.2 Å². The van der Waals surface area contributed by atoms with Crippen molar-refractivity contribution in [2.45, 2.75) is 37.9 Å². The minimum absolute atomic E-state index is 0.00840. The molecule has 1 aliphatic carbocycles. The monoisotopic (exact) mass is 255 g/mol. The van der Waals surface area contributed by atoms with Crippen molar-refractivity contribution < 1.29 is 13.5 Å². The van der Waals surface area contributed by atoms with E-state index in [1.165, 1.54) is 0 Å². The van der Waals surface area contributed by atoms with Gasteiger partial charge in [-0.25, -0.2) is 8.42 Å². The maximum absolute atomic E-state index is 12.0. The third-order valence-electron chi connectivity index (χ3n) is 3.23. The van der Waals surface area contributed by atoms with Crippen molar-refractivity contribution in [1.82, 2.24) is 0 Å². The van der Waals surface area contributed by atoms with Crippen LogP contribution < -0.4 is 4.72 Å². The minimum atomic E-state index is -3.36. The summed E-state index contributed by atoms with van der Waals surface area (Å²) in [7, 11) is -3.36. The molecule has 0 heterocycles. The molecule has 1 fully saturated rings. The fourth-order valence-corrected chi connectivity index (χ4v) is 3.77. The molecular formula is C12H17NO3S. The third-order valence-corrected chi connectivity index (χ3v) is 5.08. The highest BCUT2D eigenvalue weighted by Gasteiger charge is 2.29. The number of sulfonamides is 1. The lowest BCUT2D eigenvalue weighted by Crippen LogP contribution is -2.25. The lowest BCUT2D eigenvalue weighted by atomic mass is 10.2. The van der Waals surface area contributed by atoms with Crippen LogP contribution in [0.25, 0.3) is 0 Å². The van der Waals surface area contributed by atoms with E-state index in [4.69, 9.17) is 0 Å². The van der Waals surface area contributed by atoms with E-state index in [2.05, 4.69) is 4.72 Å². The second-order valence-electron chi connectivity index (χ2n) is 4.52. The molecule has 0 spiro atoms. The van der Waals surface area contributed by atoms with Gasteiger partial charge in [-0.1, -0.05) is 25.0 Å². The number of para-hydroxylation sites is 1. The number of rotatable bonds is 3. The number of aromatic hydroxyl groups is 1. The van der Waals surface area contributed by atoms with E-state index in [1.54, 1.807) is 25.1 Å². The number of hydrogen-bond acceptors (Lipinski definition) is 3. The van der Waals surface area contributed by atoms with Crippen molar-refractivity contribution >= 4 is 15.7 Å². The first-order valence-corrected chi connectivity index (χ1v) is 7.35. The fraction of sp³-hybridized carbons (Fsp3) is 0.500. The van der Waals surface area contributed by atoms with Gasteiger partial charge in [0.1, 0.15) is 5.75 Å². The fourth-order valence-electron chi connectivity index (χ4n) is 2.18. The molecule has 17 heavy (non-hydrogen) atoms. The Morgan fingerprint density at radius 3 is 2.59 bits per heavy atom. The molecule has 1 aromatic rings. The lowest BCUT2D eigenvalue weighted by molar-refractivity contribution is 0.473. The Morgan fingerprint density at radius 1 is 1.29 bits per heavy atom. The smallest absolute Gasteiger partial charge is 0.235 e. The minimum Gasteiger partial charge on any atom is -0.505 e. The van der Waals surface area contributed by atoms with Crippen LogP contribution in [0, 0.1) is 6.92 Å². The first-order chi connectivity index (χ1) is 8.00. The van der Waals surface area contributed by atoms with Crippen molar-refractivity contribution in [3.05, 3.63) is 23.8 Å². The van der Waals surface area contributed by atoms with Crippen LogP contribution >= 0.6 is 0 Å². The van der Waals surface area contributed by atoms with Gasteiger partial charge < -0.3 is 5.11 Å². The van der Waals surface area contributed by atoms with Crippen molar-refractivity contribution in [2.75, 3.05) is 4.72 Å². The Bertz CT molecular complexity index is 504. The summed E-state index contributed by atoms with van der Waals surface area (Å²) in [5.41, 5.74) is 0.938. The molecule has 0 amide bonds. The summed E-state index contributed by atoms with van der Waals surface area (Å²) in [4.78, 5) is 0. The highest BCUT2D eigenvalue weighted by atomic mass is 32.2. The Labute approximate surface area is 102 Å². The van der Waals surface area contributed by atoms with Crippen molar-refractivity contribution in [2.24, 2.45) is 0 Å². The summed E-state index contributed by atoms with van der Waals surface area (Å²) in [6.45, 7) is 1.74. The van der Waals surface area contributed by atoms with Gasteiger partial charge in [0, 0.05) is 0 Å². The zero-order valence-corrected chi connectivity index (χ0v) is 10.6. The van der Waals surface area contributed by atoms with E-state index in [9.17, 15) is 13.5 Å². The summed E-state index contributed by atoms with van der Waals surface area (Å²) >= 11 is 0. The van der Waals surface area contributed by atoms with Crippen LogP contribution in [0.4, 0.5) is 5.69 Å². The van der Waals surface area contributed by atoms with Crippen molar-refractivity contribution in [3.8, 4) is 5.75 Å². The Morgan fingerprint density at radius 2 is 1.94 bits per heavy atom. The number of benzene rings is 1. The van der Waals surface area contributed by atoms with Crippen LogP contribution in [0.5, 0.6) is 5.75 Å². The lowest BCUT2D eigenvalue weighted by Gasteiger charge is -2.14. The number of phenols is 1. The summed E-state index contributed by atoms with van der Waals surface area (Å²) < 4.78 is 26.6. The van der Waals surface area contributed by atoms with Gasteiger partial charge in [-0.2, -0.15) is 0 Å². The van der Waals surface area contributed by atoms with E-state index >= 15 is 0 Å². The standard InChI is InChI=1S/C12H17NO3S/c1-9-5-4-8-11(12(9)14)13-17(15,16)10-6-2-3-7-10/h4-5,8,10,13-14H,2-3,6-7H2,1H3. The number of aryl methyl sites for hydroxylation is 1. The van der Waals surface area contributed by atoms with Gasteiger partial charge in [-0.05, 0) is 31.4 Å². The zero-order valence-electron chi connectivity index (χ0n) is 9.81. The Hall–Kier alpha value is -1.23. The van der Waals surface area contributed by atoms with Crippen molar-refractivity contribution in [1.29, 1.82) is 0 Å². The van der Waals surface area contributed by atoms with Gasteiger partial charge in [0.15, 0.2) is 0 Å². The quantitative estimate of drug-likeness (QED) is 0.815. The average Bonchev–Trinajstić information content (AvgIpc) is 2.78. The Balaban J connectivity index is 2.23. The van der Waals surface area contributed by atoms with Gasteiger partial charge in [-0.3, -0.25) is 4.72 Å². The molecular weight excluding hydrogens is 238 g/mol. The predicted octanol–water partition coefficient (Wildman–Crippen LogP) is 2.38. The van der Waals surface area contributed by atoms with E-state index in [1.807, 2.05) is 0 Å². The molecule has 0 aliphatic heterocycles. The molecule has 0 radical (unpaired) electrons. The van der Waals surface area contributed by atoms with E-state index < -0.39 is 10.0 Å². The summed E-state index contributed by atoms with van der Waals surface area (Å²) in [6, 6.07) is 5.04. The normalized spacial score (nSPS) is 17.2. The highest BCUT2D eigenvalue weighted by Crippen LogP contribution is 2.31. The van der Waals surface area contributed by atoms with Gasteiger partial charge >= 0.3 is 0 Å². The molecule has 2 N–H and O–H groups in total. The number of nitrogens with one attached hydrogen (secondary N) is 1. The van der Waals surface area contributed by atoms with E-state index in [0.717, 1.165) is 12.8 Å². The van der Waals surface area contributed by atoms with Crippen LogP contribution in [0.1, 0.15) is 31.2 Å². The second kappa shape index (κ2) is 4.56. The Kier molecular flexibility index (Phi) is 3.28. The SMILES string of the molecule is Cc1cccc(NS(=O)(=O)C2CCCC2)c1O. The first-order valence-electron chi connectivity index (χ1n) is 5.81. The van der Waals surface area contributed by atoms with E-state index in [0.29, 0.717) is 18.4 Å². The van der Waals surface area contributed by atoms with Gasteiger partial charge in [-0.15, -0.1) is 0 Å². The molecule has 1 aromatic carbocycles. The summed E-state index contributed by atoms with van der Waals surface area (Å²) in [6.07, 6.45) is 3.35. The molecule has 1 aliphatic rings. The highest BCUT2D eigenvalue weighted by molar-refractivity contribution is 7.93. The van der Waals surface area contributed by atoms with E-state index in [-0.39, 0.29) is 16.7 Å². The molecule has 4 nitrogen and oxygen atoms in total. The summed E-state index contributed by atoms with van der Waals surface area (Å²) in [5.74, 6) is 0.00840. The number of hydrogen-bond donors (Lipinski definition) is 2. The van der Waals surface area contributed by atoms with Crippen LogP contribution in [0.3, 0.4) is 0 Å². The third kappa shape index (κ3) is 2.54. The average molecular weight is 255 g/mol. The molecule has 5 heteroatoms. The zero-order chi connectivity index (χ0) is 12.5. The van der Waals surface area contributed by atoms with Gasteiger partial charge in [0.05, 0.1) is 10.9 Å². The van der Waals surface area contributed by atoms with Gasteiger partial charge in [0.25, 0.3) is 0 Å². The topological polar surface area (TPSA) is 66.4 Å². The molecule has 0 atom stereocenters. The van der Waals surface area contributed by atoms with Gasteiger partial charge in [0.2, 0.25) is 10.0 Å². The molecule has 94 valence electrons. The first kappa shape index (κ1) is 12.2. The maximum atomic E-state index is 12.0. The molecule has 0 unspecified atom stereocenters. The van der Waals surface area contributed by atoms with Crippen LogP contribution in [-0.2, 0) is 10.0 Å². The molecule has 0 bridgehead atoms. The van der Waals surface area contributed by atoms with Crippen LogP contribution in [0.2, 0.25) is 0 Å².